The molecule has 0 atom stereocenters. The number of methoxy groups -OCH3 is 1. The minimum atomic E-state index is -2.03. The van der Waals surface area contributed by atoms with E-state index in [0.717, 1.165) is 15.8 Å². The molecule has 164 valence electrons. The molecule has 0 aromatic heterocycles. The van der Waals surface area contributed by atoms with Gasteiger partial charge in [-0.05, 0) is 48.5 Å². The summed E-state index contributed by atoms with van der Waals surface area (Å²) >= 11 is 3.47. The van der Waals surface area contributed by atoms with E-state index in [2.05, 4.69) is 49.8 Å². The zero-order chi connectivity index (χ0) is 23.1. The van der Waals surface area contributed by atoms with E-state index >= 15 is 0 Å². The lowest BCUT2D eigenvalue weighted by molar-refractivity contribution is -0.122. The summed E-state index contributed by atoms with van der Waals surface area (Å²) in [5.74, 6) is 0.415. The van der Waals surface area contributed by atoms with Crippen LogP contribution in [0.4, 0.5) is 5.69 Å². The molecule has 1 aliphatic heterocycles. The van der Waals surface area contributed by atoms with Crippen LogP contribution in [0.3, 0.4) is 0 Å². The molecule has 0 spiro atoms. The van der Waals surface area contributed by atoms with E-state index < -0.39 is 14.2 Å². The van der Waals surface area contributed by atoms with Crippen LogP contribution in [0.1, 0.15) is 38.8 Å². The largest absolute Gasteiger partial charge is 0.543 e. The zero-order valence-corrected chi connectivity index (χ0v) is 21.6. The van der Waals surface area contributed by atoms with Crippen molar-refractivity contribution in [3.63, 3.8) is 0 Å². The molecule has 5 nitrogen and oxygen atoms in total. The van der Waals surface area contributed by atoms with Crippen molar-refractivity contribution in [1.29, 1.82) is 0 Å². The molecule has 0 saturated carbocycles. The topological polar surface area (TPSA) is 55.8 Å². The molecule has 1 heterocycles. The molecular formula is C24H28BrNO4Si. The Hall–Kier alpha value is -2.38. The number of anilines is 1. The smallest absolute Gasteiger partial charge is 0.269 e. The van der Waals surface area contributed by atoms with Crippen LogP contribution in [0.15, 0.2) is 46.9 Å². The molecule has 3 rings (SSSR count). The standard InChI is InChI=1S/C24H28BrNO4Si/c1-15(27)26-20-12-11-17(25)14-19(20)21(23(26)28)22(29-5)16-9-8-10-18(13-16)30-31(6,7)24(2,3)4/h8-14H,1-7H3/b22-21-. The number of amides is 2. The highest BCUT2D eigenvalue weighted by Gasteiger charge is 2.40. The maximum Gasteiger partial charge on any atom is 0.269 e. The zero-order valence-electron chi connectivity index (χ0n) is 19.0. The summed E-state index contributed by atoms with van der Waals surface area (Å²) in [6.07, 6.45) is 0. The number of benzene rings is 2. The lowest BCUT2D eigenvalue weighted by Crippen LogP contribution is -2.43. The highest BCUT2D eigenvalue weighted by atomic mass is 79.9. The van der Waals surface area contributed by atoms with Gasteiger partial charge in [-0.3, -0.25) is 9.59 Å². The Morgan fingerprint density at radius 3 is 2.35 bits per heavy atom. The molecule has 0 unspecified atom stereocenters. The lowest BCUT2D eigenvalue weighted by Gasteiger charge is -2.36. The normalized spacial score (nSPS) is 15.6. The summed E-state index contributed by atoms with van der Waals surface area (Å²) in [4.78, 5) is 26.7. The molecule has 0 saturated heterocycles. The van der Waals surface area contributed by atoms with Crippen molar-refractivity contribution in [1.82, 2.24) is 0 Å². The number of carbonyl (C=O) groups is 2. The van der Waals surface area contributed by atoms with Crippen molar-refractivity contribution in [2.24, 2.45) is 0 Å². The molecule has 0 radical (unpaired) electrons. The number of hydrogen-bond donors (Lipinski definition) is 0. The summed E-state index contributed by atoms with van der Waals surface area (Å²) in [5, 5.41) is 0.0557. The fourth-order valence-electron chi connectivity index (χ4n) is 3.28. The van der Waals surface area contributed by atoms with E-state index in [1.165, 1.54) is 18.9 Å². The van der Waals surface area contributed by atoms with Crippen molar-refractivity contribution in [3.8, 4) is 5.75 Å². The Bertz CT molecular complexity index is 1090. The van der Waals surface area contributed by atoms with Gasteiger partial charge < -0.3 is 9.16 Å². The Labute approximate surface area is 193 Å². The van der Waals surface area contributed by atoms with Crippen LogP contribution >= 0.6 is 15.9 Å². The van der Waals surface area contributed by atoms with Gasteiger partial charge in [0.1, 0.15) is 11.5 Å². The number of ether oxygens (including phenoxy) is 1. The van der Waals surface area contributed by atoms with E-state index in [9.17, 15) is 9.59 Å². The highest BCUT2D eigenvalue weighted by Crippen LogP contribution is 2.43. The number of rotatable bonds is 4. The van der Waals surface area contributed by atoms with Crippen molar-refractivity contribution in [2.75, 3.05) is 12.0 Å². The average Bonchev–Trinajstić information content (AvgIpc) is 2.93. The third kappa shape index (κ3) is 4.34. The summed E-state index contributed by atoms with van der Waals surface area (Å²) in [6.45, 7) is 12.3. The number of halogens is 1. The van der Waals surface area contributed by atoms with Crippen LogP contribution in [-0.4, -0.2) is 27.2 Å². The highest BCUT2D eigenvalue weighted by molar-refractivity contribution is 9.10. The first kappa shape index (κ1) is 23.3. The first-order chi connectivity index (χ1) is 14.4. The van der Waals surface area contributed by atoms with Crippen LogP contribution in [0.2, 0.25) is 18.1 Å². The number of hydrogen-bond acceptors (Lipinski definition) is 4. The van der Waals surface area contributed by atoms with Crippen LogP contribution in [0, 0.1) is 0 Å². The Balaban J connectivity index is 2.15. The number of nitrogens with zero attached hydrogens (tertiary/aromatic N) is 1. The molecule has 0 aliphatic carbocycles. The number of imide groups is 1. The van der Waals surface area contributed by atoms with Gasteiger partial charge in [-0.15, -0.1) is 0 Å². The maximum atomic E-state index is 13.3. The summed E-state index contributed by atoms with van der Waals surface area (Å²) in [5.41, 5.74) is 2.29. The van der Waals surface area contributed by atoms with Gasteiger partial charge >= 0.3 is 0 Å². The Morgan fingerprint density at radius 1 is 1.10 bits per heavy atom. The predicted octanol–water partition coefficient (Wildman–Crippen LogP) is 6.24. The minimum absolute atomic E-state index is 0.0557. The quantitative estimate of drug-likeness (QED) is 0.282. The summed E-state index contributed by atoms with van der Waals surface area (Å²) in [7, 11) is -0.500. The molecule has 2 aromatic rings. The fraction of sp³-hybridized carbons (Fsp3) is 0.333. The van der Waals surface area contributed by atoms with Gasteiger partial charge in [-0.2, -0.15) is 0 Å². The Morgan fingerprint density at radius 2 is 1.77 bits per heavy atom. The molecule has 31 heavy (non-hydrogen) atoms. The SMILES string of the molecule is CO/C(=C1\C(=O)N(C(C)=O)c2ccc(Br)cc21)c1cccc(O[Si](C)(C)C(C)(C)C)c1. The van der Waals surface area contributed by atoms with E-state index in [1.54, 1.807) is 6.07 Å². The summed E-state index contributed by atoms with van der Waals surface area (Å²) < 4.78 is 13.0. The third-order valence-electron chi connectivity index (χ3n) is 5.91. The average molecular weight is 502 g/mol. The van der Waals surface area contributed by atoms with Gasteiger partial charge in [-0.25, -0.2) is 4.90 Å². The van der Waals surface area contributed by atoms with Crippen molar-refractivity contribution >= 4 is 53.1 Å². The number of fused-ring (bicyclic) bond motifs is 1. The van der Waals surface area contributed by atoms with Crippen molar-refractivity contribution in [2.45, 2.75) is 45.8 Å². The molecule has 0 fully saturated rings. The summed E-state index contributed by atoms with van der Waals surface area (Å²) in [6, 6.07) is 13.0. The predicted molar refractivity (Wildman–Crippen MR) is 130 cm³/mol. The molecule has 0 bridgehead atoms. The number of carbonyl (C=O) groups excluding carboxylic acids is 2. The second-order valence-electron chi connectivity index (χ2n) is 9.12. The van der Waals surface area contributed by atoms with Crippen LogP contribution in [0.25, 0.3) is 11.3 Å². The maximum absolute atomic E-state index is 13.3. The fourth-order valence-corrected chi connectivity index (χ4v) is 4.67. The van der Waals surface area contributed by atoms with Gasteiger partial charge in [0.2, 0.25) is 14.2 Å². The van der Waals surface area contributed by atoms with Gasteiger partial charge in [0.15, 0.2) is 0 Å². The van der Waals surface area contributed by atoms with E-state index in [-0.39, 0.29) is 10.9 Å². The third-order valence-corrected chi connectivity index (χ3v) is 10.8. The van der Waals surface area contributed by atoms with Crippen LogP contribution in [-0.2, 0) is 14.3 Å². The molecular weight excluding hydrogens is 474 g/mol. The van der Waals surface area contributed by atoms with E-state index in [0.29, 0.717) is 22.6 Å². The van der Waals surface area contributed by atoms with E-state index in [4.69, 9.17) is 9.16 Å². The first-order valence-electron chi connectivity index (χ1n) is 10.1. The van der Waals surface area contributed by atoms with Gasteiger partial charge in [0.25, 0.3) is 5.91 Å². The van der Waals surface area contributed by atoms with Crippen molar-refractivity contribution in [3.05, 3.63) is 58.1 Å². The van der Waals surface area contributed by atoms with Gasteiger partial charge in [0, 0.05) is 22.5 Å². The lowest BCUT2D eigenvalue weighted by atomic mass is 10.0. The molecule has 0 N–H and O–H groups in total. The molecule has 1 aliphatic rings. The van der Waals surface area contributed by atoms with Gasteiger partial charge in [-0.1, -0.05) is 48.8 Å². The Kier molecular flexibility index (Phi) is 6.22. The van der Waals surface area contributed by atoms with E-state index in [1.807, 2.05) is 36.4 Å². The van der Waals surface area contributed by atoms with Crippen molar-refractivity contribution < 1.29 is 18.8 Å². The molecule has 7 heteroatoms. The molecule has 2 aromatic carbocycles. The first-order valence-corrected chi connectivity index (χ1v) is 13.8. The monoisotopic (exact) mass is 501 g/mol. The van der Waals surface area contributed by atoms with Gasteiger partial charge in [0.05, 0.1) is 18.4 Å². The van der Waals surface area contributed by atoms with Crippen LogP contribution in [0.5, 0.6) is 5.75 Å². The second kappa shape index (κ2) is 8.28. The minimum Gasteiger partial charge on any atom is -0.543 e. The van der Waals surface area contributed by atoms with Crippen LogP contribution < -0.4 is 9.33 Å². The molecule has 2 amide bonds. The second-order valence-corrected chi connectivity index (χ2v) is 14.8.